The fourth-order valence-corrected chi connectivity index (χ4v) is 1.16. The molecule has 0 spiro atoms. The van der Waals surface area contributed by atoms with Gasteiger partial charge in [-0.1, -0.05) is 19.8 Å². The first-order valence-electron chi connectivity index (χ1n) is 4.99. The van der Waals surface area contributed by atoms with Crippen LogP contribution in [0.2, 0.25) is 0 Å². The van der Waals surface area contributed by atoms with Gasteiger partial charge in [-0.15, -0.1) is 0 Å². The molecule has 2 heteroatoms. The van der Waals surface area contributed by atoms with Gasteiger partial charge in [0, 0.05) is 13.2 Å². The molecule has 0 saturated carbocycles. The second kappa shape index (κ2) is 7.56. The number of unbranched alkanes of at least 4 members (excludes halogenated alkanes) is 1. The summed E-state index contributed by atoms with van der Waals surface area (Å²) < 4.78 is 5.15. The molecule has 0 aliphatic carbocycles. The van der Waals surface area contributed by atoms with Gasteiger partial charge in [0.05, 0.1) is 6.10 Å². The molecular formula is C10H23NO. The number of hydrogen-bond acceptors (Lipinski definition) is 2. The van der Waals surface area contributed by atoms with Crippen molar-refractivity contribution in [3.8, 4) is 0 Å². The number of rotatable bonds is 7. The summed E-state index contributed by atoms with van der Waals surface area (Å²) in [7, 11) is 1.77. The minimum atomic E-state index is 0.405. The van der Waals surface area contributed by atoms with E-state index in [2.05, 4.69) is 13.8 Å². The topological polar surface area (TPSA) is 35.2 Å². The lowest BCUT2D eigenvalue weighted by atomic mass is 10.1. The normalized spacial score (nSPS) is 16.0. The van der Waals surface area contributed by atoms with Crippen LogP contribution >= 0.6 is 0 Å². The van der Waals surface area contributed by atoms with Crippen LogP contribution in [0.3, 0.4) is 0 Å². The average Bonchev–Trinajstić information content (AvgIpc) is 2.11. The molecule has 0 aromatic heterocycles. The number of nitrogens with two attached hydrogens (primary N) is 1. The van der Waals surface area contributed by atoms with Crippen LogP contribution < -0.4 is 5.73 Å². The highest BCUT2D eigenvalue weighted by Gasteiger charge is 2.01. The van der Waals surface area contributed by atoms with Crippen molar-refractivity contribution in [2.24, 2.45) is 5.73 Å². The molecule has 0 saturated heterocycles. The van der Waals surface area contributed by atoms with Gasteiger partial charge in [-0.3, -0.25) is 0 Å². The van der Waals surface area contributed by atoms with Crippen molar-refractivity contribution in [2.45, 2.75) is 58.1 Å². The van der Waals surface area contributed by atoms with Gasteiger partial charge < -0.3 is 10.5 Å². The number of ether oxygens (including phenoxy) is 1. The molecule has 0 radical (unpaired) electrons. The zero-order valence-electron chi connectivity index (χ0n) is 8.68. The second-order valence-electron chi connectivity index (χ2n) is 3.50. The number of hydrogen-bond donors (Lipinski definition) is 1. The maximum atomic E-state index is 5.79. The van der Waals surface area contributed by atoms with Crippen LogP contribution in [0.25, 0.3) is 0 Å². The van der Waals surface area contributed by atoms with E-state index in [0.29, 0.717) is 12.1 Å². The Kier molecular flexibility index (Phi) is 7.51. The van der Waals surface area contributed by atoms with E-state index >= 15 is 0 Å². The predicted octanol–water partition coefficient (Wildman–Crippen LogP) is 2.32. The molecule has 12 heavy (non-hydrogen) atoms. The van der Waals surface area contributed by atoms with Gasteiger partial charge in [0.1, 0.15) is 0 Å². The van der Waals surface area contributed by atoms with Gasteiger partial charge in [0.2, 0.25) is 0 Å². The smallest absolute Gasteiger partial charge is 0.0543 e. The Balaban J connectivity index is 3.10. The molecule has 2 nitrogen and oxygen atoms in total. The lowest BCUT2D eigenvalue weighted by Crippen LogP contribution is -2.18. The molecule has 74 valence electrons. The highest BCUT2D eigenvalue weighted by atomic mass is 16.5. The maximum Gasteiger partial charge on any atom is 0.0543 e. The first-order chi connectivity index (χ1) is 5.70. The summed E-state index contributed by atoms with van der Waals surface area (Å²) in [6.07, 6.45) is 6.30. The SMILES string of the molecule is CCC(N)CCCCC(C)OC. The monoisotopic (exact) mass is 173 g/mol. The summed E-state index contributed by atoms with van der Waals surface area (Å²) in [4.78, 5) is 0. The van der Waals surface area contributed by atoms with Gasteiger partial charge in [-0.05, 0) is 26.2 Å². The molecular weight excluding hydrogens is 150 g/mol. The summed E-state index contributed by atoms with van der Waals surface area (Å²) in [6, 6.07) is 0.405. The molecule has 2 atom stereocenters. The van der Waals surface area contributed by atoms with Crippen molar-refractivity contribution in [2.75, 3.05) is 7.11 Å². The zero-order chi connectivity index (χ0) is 9.40. The molecule has 0 aromatic rings. The first-order valence-corrected chi connectivity index (χ1v) is 4.99. The maximum absolute atomic E-state index is 5.79. The zero-order valence-corrected chi connectivity index (χ0v) is 8.68. The van der Waals surface area contributed by atoms with E-state index in [9.17, 15) is 0 Å². The highest BCUT2D eigenvalue weighted by molar-refractivity contribution is 4.59. The molecule has 0 bridgehead atoms. The van der Waals surface area contributed by atoms with Crippen LogP contribution in [0.4, 0.5) is 0 Å². The summed E-state index contributed by atoms with van der Waals surface area (Å²) in [5.74, 6) is 0. The van der Waals surface area contributed by atoms with Crippen LogP contribution in [0, 0.1) is 0 Å². The highest BCUT2D eigenvalue weighted by Crippen LogP contribution is 2.07. The largest absolute Gasteiger partial charge is 0.382 e. The number of methoxy groups -OCH3 is 1. The van der Waals surface area contributed by atoms with Crippen LogP contribution in [-0.2, 0) is 4.74 Å². The van der Waals surface area contributed by atoms with E-state index in [1.165, 1.54) is 12.8 Å². The van der Waals surface area contributed by atoms with Crippen LogP contribution in [0.15, 0.2) is 0 Å². The van der Waals surface area contributed by atoms with E-state index in [0.717, 1.165) is 19.3 Å². The predicted molar refractivity (Wildman–Crippen MR) is 53.2 cm³/mol. The van der Waals surface area contributed by atoms with Crippen molar-refractivity contribution in [3.05, 3.63) is 0 Å². The molecule has 0 rings (SSSR count). The van der Waals surface area contributed by atoms with Crippen LogP contribution in [0.5, 0.6) is 0 Å². The third-order valence-electron chi connectivity index (χ3n) is 2.36. The summed E-state index contributed by atoms with van der Waals surface area (Å²) in [5.41, 5.74) is 5.79. The summed E-state index contributed by atoms with van der Waals surface area (Å²) in [6.45, 7) is 4.25. The third kappa shape index (κ3) is 6.62. The Morgan fingerprint density at radius 3 is 2.33 bits per heavy atom. The molecule has 0 aromatic carbocycles. The van der Waals surface area contributed by atoms with Crippen molar-refractivity contribution in [1.29, 1.82) is 0 Å². The molecule has 2 N–H and O–H groups in total. The Morgan fingerprint density at radius 2 is 1.83 bits per heavy atom. The van der Waals surface area contributed by atoms with E-state index in [1.54, 1.807) is 7.11 Å². The fraction of sp³-hybridized carbons (Fsp3) is 1.00. The lowest BCUT2D eigenvalue weighted by molar-refractivity contribution is 0.108. The summed E-state index contributed by atoms with van der Waals surface area (Å²) >= 11 is 0. The van der Waals surface area contributed by atoms with Crippen LogP contribution in [0.1, 0.15) is 46.0 Å². The minimum Gasteiger partial charge on any atom is -0.382 e. The first kappa shape index (κ1) is 11.9. The molecule has 0 aliphatic rings. The molecule has 0 amide bonds. The molecule has 0 aliphatic heterocycles. The van der Waals surface area contributed by atoms with E-state index in [-0.39, 0.29) is 0 Å². The molecule has 0 heterocycles. The quantitative estimate of drug-likeness (QED) is 0.600. The lowest BCUT2D eigenvalue weighted by Gasteiger charge is -2.10. The van der Waals surface area contributed by atoms with Gasteiger partial charge in [-0.2, -0.15) is 0 Å². The third-order valence-corrected chi connectivity index (χ3v) is 2.36. The minimum absolute atomic E-state index is 0.405. The van der Waals surface area contributed by atoms with Crippen molar-refractivity contribution in [1.82, 2.24) is 0 Å². The van der Waals surface area contributed by atoms with E-state index in [4.69, 9.17) is 10.5 Å². The van der Waals surface area contributed by atoms with Crippen molar-refractivity contribution >= 4 is 0 Å². The fourth-order valence-electron chi connectivity index (χ4n) is 1.16. The Bertz CT molecular complexity index is 83.8. The van der Waals surface area contributed by atoms with Gasteiger partial charge >= 0.3 is 0 Å². The Morgan fingerprint density at radius 1 is 1.25 bits per heavy atom. The average molecular weight is 173 g/mol. The second-order valence-corrected chi connectivity index (χ2v) is 3.50. The van der Waals surface area contributed by atoms with Crippen molar-refractivity contribution in [3.63, 3.8) is 0 Å². The Hall–Kier alpha value is -0.0800. The standard InChI is InChI=1S/C10H23NO/c1-4-10(11)8-6-5-7-9(2)12-3/h9-10H,4-8,11H2,1-3H3. The van der Waals surface area contributed by atoms with Crippen LogP contribution in [-0.4, -0.2) is 19.3 Å². The van der Waals surface area contributed by atoms with Gasteiger partial charge in [0.15, 0.2) is 0 Å². The molecule has 0 fully saturated rings. The van der Waals surface area contributed by atoms with Gasteiger partial charge in [0.25, 0.3) is 0 Å². The Labute approximate surface area is 76.5 Å². The summed E-state index contributed by atoms with van der Waals surface area (Å²) in [5, 5.41) is 0. The van der Waals surface area contributed by atoms with Gasteiger partial charge in [-0.25, -0.2) is 0 Å². The molecule has 2 unspecified atom stereocenters. The van der Waals surface area contributed by atoms with Crippen molar-refractivity contribution < 1.29 is 4.74 Å². The van der Waals surface area contributed by atoms with E-state index < -0.39 is 0 Å². The van der Waals surface area contributed by atoms with E-state index in [1.807, 2.05) is 0 Å².